The molecular formula is C21H21ClN4O4. The third-order valence-corrected chi connectivity index (χ3v) is 4.75. The summed E-state index contributed by atoms with van der Waals surface area (Å²) >= 11 is 6.00. The highest BCUT2D eigenvalue weighted by molar-refractivity contribution is 6.30. The molecule has 156 valence electrons. The molecule has 3 rings (SSSR count). The molecule has 0 spiro atoms. The van der Waals surface area contributed by atoms with Gasteiger partial charge in [0.15, 0.2) is 0 Å². The number of carbonyl (C=O) groups excluding carboxylic acids is 1. The van der Waals surface area contributed by atoms with Gasteiger partial charge < -0.3 is 9.42 Å². The third-order valence-electron chi connectivity index (χ3n) is 4.52. The van der Waals surface area contributed by atoms with Crippen LogP contribution in [-0.2, 0) is 6.42 Å². The zero-order chi connectivity index (χ0) is 21.5. The summed E-state index contributed by atoms with van der Waals surface area (Å²) in [6.45, 7) is 2.93. The van der Waals surface area contributed by atoms with Crippen LogP contribution in [0, 0.1) is 10.1 Å². The highest BCUT2D eigenvalue weighted by Crippen LogP contribution is 2.20. The van der Waals surface area contributed by atoms with E-state index in [0.29, 0.717) is 36.2 Å². The van der Waals surface area contributed by atoms with E-state index in [1.54, 1.807) is 29.2 Å². The van der Waals surface area contributed by atoms with Crippen molar-refractivity contribution in [3.8, 4) is 11.4 Å². The van der Waals surface area contributed by atoms with E-state index in [4.69, 9.17) is 16.1 Å². The number of carbonyl (C=O) groups is 1. The zero-order valence-corrected chi connectivity index (χ0v) is 17.2. The highest BCUT2D eigenvalue weighted by atomic mass is 35.5. The standard InChI is InChI=1S/C21H21ClN4O4/c1-2-3-11-25(21(27)16-7-5-9-18(14-16)26(28)29)12-10-19-23-20(24-30-19)15-6-4-8-17(22)13-15/h4-9,13-14H,2-3,10-12H2,1H3. The van der Waals surface area contributed by atoms with Gasteiger partial charge >= 0.3 is 0 Å². The van der Waals surface area contributed by atoms with E-state index in [0.717, 1.165) is 18.4 Å². The zero-order valence-electron chi connectivity index (χ0n) is 16.5. The average Bonchev–Trinajstić information content (AvgIpc) is 3.22. The fourth-order valence-corrected chi connectivity index (χ4v) is 3.12. The molecule has 8 nitrogen and oxygen atoms in total. The Labute approximate surface area is 178 Å². The number of aromatic nitrogens is 2. The molecule has 0 unspecified atom stereocenters. The Morgan fingerprint density at radius 3 is 2.73 bits per heavy atom. The van der Waals surface area contributed by atoms with Crippen LogP contribution in [0.3, 0.4) is 0 Å². The van der Waals surface area contributed by atoms with Crippen molar-refractivity contribution in [1.29, 1.82) is 0 Å². The lowest BCUT2D eigenvalue weighted by Gasteiger charge is -2.22. The first-order valence-corrected chi connectivity index (χ1v) is 9.98. The SMILES string of the molecule is CCCCN(CCc1nc(-c2cccc(Cl)c2)no1)C(=O)c1cccc([N+](=O)[O-])c1. The minimum atomic E-state index is -0.511. The van der Waals surface area contributed by atoms with Crippen LogP contribution >= 0.6 is 11.6 Å². The van der Waals surface area contributed by atoms with E-state index in [1.165, 1.54) is 18.2 Å². The van der Waals surface area contributed by atoms with Crippen LogP contribution in [0.25, 0.3) is 11.4 Å². The second-order valence-electron chi connectivity index (χ2n) is 6.73. The lowest BCUT2D eigenvalue weighted by molar-refractivity contribution is -0.384. The summed E-state index contributed by atoms with van der Waals surface area (Å²) in [5, 5.41) is 15.6. The van der Waals surface area contributed by atoms with Gasteiger partial charge in [0, 0.05) is 47.8 Å². The first-order chi connectivity index (χ1) is 14.5. The van der Waals surface area contributed by atoms with Gasteiger partial charge in [-0.15, -0.1) is 0 Å². The van der Waals surface area contributed by atoms with Gasteiger partial charge in [-0.2, -0.15) is 4.98 Å². The van der Waals surface area contributed by atoms with Crippen molar-refractivity contribution in [1.82, 2.24) is 15.0 Å². The monoisotopic (exact) mass is 428 g/mol. The van der Waals surface area contributed by atoms with Crippen molar-refractivity contribution in [3.05, 3.63) is 75.1 Å². The van der Waals surface area contributed by atoms with Crippen LogP contribution in [0.4, 0.5) is 5.69 Å². The summed E-state index contributed by atoms with van der Waals surface area (Å²) in [4.78, 5) is 29.5. The minimum Gasteiger partial charge on any atom is -0.339 e. The van der Waals surface area contributed by atoms with Crippen molar-refractivity contribution in [3.63, 3.8) is 0 Å². The van der Waals surface area contributed by atoms with E-state index >= 15 is 0 Å². The predicted octanol–water partition coefficient (Wildman–Crippen LogP) is 4.78. The van der Waals surface area contributed by atoms with Gasteiger partial charge in [0.2, 0.25) is 11.7 Å². The largest absolute Gasteiger partial charge is 0.339 e. The summed E-state index contributed by atoms with van der Waals surface area (Å²) < 4.78 is 5.32. The number of nitro groups is 1. The van der Waals surface area contributed by atoms with Crippen molar-refractivity contribution >= 4 is 23.2 Å². The average molecular weight is 429 g/mol. The molecule has 0 radical (unpaired) electrons. The third kappa shape index (κ3) is 5.42. The summed E-state index contributed by atoms with van der Waals surface area (Å²) in [7, 11) is 0. The van der Waals surface area contributed by atoms with E-state index in [-0.39, 0.29) is 17.2 Å². The minimum absolute atomic E-state index is 0.112. The molecule has 9 heteroatoms. The second kappa shape index (κ2) is 9.98. The van der Waals surface area contributed by atoms with Crippen LogP contribution in [0.5, 0.6) is 0 Å². The molecule has 0 atom stereocenters. The lowest BCUT2D eigenvalue weighted by atomic mass is 10.1. The van der Waals surface area contributed by atoms with Gasteiger partial charge in [-0.25, -0.2) is 0 Å². The number of nitrogens with zero attached hydrogens (tertiary/aromatic N) is 4. The van der Waals surface area contributed by atoms with Crippen LogP contribution in [0.15, 0.2) is 53.1 Å². The molecule has 0 saturated heterocycles. The molecule has 1 heterocycles. The Balaban J connectivity index is 1.72. The van der Waals surface area contributed by atoms with Gasteiger partial charge in [0.05, 0.1) is 4.92 Å². The van der Waals surface area contributed by atoms with Gasteiger partial charge in [0.25, 0.3) is 11.6 Å². The Hall–Kier alpha value is -3.26. The van der Waals surface area contributed by atoms with E-state index in [1.807, 2.05) is 13.0 Å². The number of unbranched alkanes of at least 4 members (excludes halogenated alkanes) is 1. The molecular weight excluding hydrogens is 408 g/mol. The Bertz CT molecular complexity index is 1040. The van der Waals surface area contributed by atoms with Crippen molar-refractivity contribution in [2.24, 2.45) is 0 Å². The van der Waals surface area contributed by atoms with E-state index in [9.17, 15) is 14.9 Å². The second-order valence-corrected chi connectivity index (χ2v) is 7.16. The Morgan fingerprint density at radius 1 is 1.20 bits per heavy atom. The van der Waals surface area contributed by atoms with E-state index < -0.39 is 4.92 Å². The summed E-state index contributed by atoms with van der Waals surface area (Å²) in [6.07, 6.45) is 2.11. The maximum Gasteiger partial charge on any atom is 0.270 e. The van der Waals surface area contributed by atoms with E-state index in [2.05, 4.69) is 10.1 Å². The highest BCUT2D eigenvalue weighted by Gasteiger charge is 2.19. The van der Waals surface area contributed by atoms with Gasteiger partial charge in [-0.3, -0.25) is 14.9 Å². The summed E-state index contributed by atoms with van der Waals surface area (Å²) in [5.74, 6) is 0.567. The quantitative estimate of drug-likeness (QED) is 0.359. The van der Waals surface area contributed by atoms with Gasteiger partial charge in [0.1, 0.15) is 0 Å². The smallest absolute Gasteiger partial charge is 0.270 e. The molecule has 0 bridgehead atoms. The molecule has 0 aliphatic rings. The van der Waals surface area contributed by atoms with Crippen LogP contribution < -0.4 is 0 Å². The predicted molar refractivity (Wildman–Crippen MR) is 112 cm³/mol. The maximum absolute atomic E-state index is 12.9. The van der Waals surface area contributed by atoms with Gasteiger partial charge in [-0.05, 0) is 24.6 Å². The molecule has 0 fully saturated rings. The number of hydrogen-bond acceptors (Lipinski definition) is 6. The Morgan fingerprint density at radius 2 is 2.00 bits per heavy atom. The maximum atomic E-state index is 12.9. The van der Waals surface area contributed by atoms with Crippen molar-refractivity contribution < 1.29 is 14.2 Å². The number of nitro benzene ring substituents is 1. The number of halogens is 1. The first-order valence-electron chi connectivity index (χ1n) is 9.60. The fourth-order valence-electron chi connectivity index (χ4n) is 2.93. The normalized spacial score (nSPS) is 10.7. The Kier molecular flexibility index (Phi) is 7.13. The molecule has 3 aromatic rings. The van der Waals surface area contributed by atoms with Crippen molar-refractivity contribution in [2.45, 2.75) is 26.2 Å². The number of benzene rings is 2. The molecule has 0 aliphatic heterocycles. The molecule has 0 N–H and O–H groups in total. The van der Waals surface area contributed by atoms with Crippen molar-refractivity contribution in [2.75, 3.05) is 13.1 Å². The summed E-state index contributed by atoms with van der Waals surface area (Å²) in [6, 6.07) is 12.9. The van der Waals surface area contributed by atoms with Crippen LogP contribution in [0.2, 0.25) is 5.02 Å². The lowest BCUT2D eigenvalue weighted by Crippen LogP contribution is -2.34. The molecule has 0 aliphatic carbocycles. The van der Waals surface area contributed by atoms with Crippen LogP contribution in [0.1, 0.15) is 36.0 Å². The molecule has 1 amide bonds. The molecule has 2 aromatic carbocycles. The number of non-ortho nitro benzene ring substituents is 1. The first kappa shape index (κ1) is 21.4. The molecule has 1 aromatic heterocycles. The van der Waals surface area contributed by atoms with Gasteiger partial charge in [-0.1, -0.05) is 48.3 Å². The molecule has 30 heavy (non-hydrogen) atoms. The summed E-state index contributed by atoms with van der Waals surface area (Å²) in [5.41, 5.74) is 0.915. The number of amides is 1. The fraction of sp³-hybridized carbons (Fsp3) is 0.286. The van der Waals surface area contributed by atoms with Crippen LogP contribution in [-0.4, -0.2) is 39.0 Å². The number of rotatable bonds is 9. The topological polar surface area (TPSA) is 102 Å². The molecule has 0 saturated carbocycles. The number of hydrogen-bond donors (Lipinski definition) is 0.